The van der Waals surface area contributed by atoms with E-state index in [0.29, 0.717) is 0 Å². The molecule has 2 aliphatic heterocycles. The molecule has 2 saturated heterocycles. The standard InChI is InChI=1S/C10H14N2O6.C9H12N2O6/c1-12-2-4(9(16)11-10(12)17)8-7(15)6(14)5(3-13)18-8;12-3-4-6(14)7(15)8(17-4)11-2-1-5(13)10-9(11)16/h2,5-8,13-15H,3H2,1H3,(H,11,16,17);1-2,4,6-8,12,14-15H,3H2,(H,10,13,16)/t5-,6-,7-,8+;4-,6-,7-,8-/m11/s1. The first-order valence-corrected chi connectivity index (χ1v) is 10.4. The van der Waals surface area contributed by atoms with Gasteiger partial charge >= 0.3 is 11.4 Å². The Morgan fingerprint density at radius 2 is 1.46 bits per heavy atom. The van der Waals surface area contributed by atoms with E-state index in [9.17, 15) is 39.6 Å². The van der Waals surface area contributed by atoms with Crippen molar-refractivity contribution in [2.24, 2.45) is 7.05 Å². The molecule has 35 heavy (non-hydrogen) atoms. The van der Waals surface area contributed by atoms with Gasteiger partial charge in [0.2, 0.25) is 0 Å². The first kappa shape index (κ1) is 26.6. The van der Waals surface area contributed by atoms with Crippen molar-refractivity contribution in [3.05, 3.63) is 65.7 Å². The van der Waals surface area contributed by atoms with Gasteiger partial charge in [-0.05, 0) is 0 Å². The highest BCUT2D eigenvalue weighted by Crippen LogP contribution is 2.31. The van der Waals surface area contributed by atoms with E-state index in [1.165, 1.54) is 13.2 Å². The quantitative estimate of drug-likeness (QED) is 0.195. The Balaban J connectivity index is 0.000000196. The number of nitrogens with one attached hydrogen (secondary N) is 2. The second-order valence-corrected chi connectivity index (χ2v) is 7.96. The van der Waals surface area contributed by atoms with Crippen LogP contribution in [0.15, 0.2) is 37.6 Å². The topological polar surface area (TPSA) is 250 Å². The molecule has 0 aromatic carbocycles. The Labute approximate surface area is 194 Å². The molecule has 0 spiro atoms. The zero-order valence-electron chi connectivity index (χ0n) is 18.3. The summed E-state index contributed by atoms with van der Waals surface area (Å²) in [6, 6.07) is 1.09. The van der Waals surface area contributed by atoms with Gasteiger partial charge in [-0.25, -0.2) is 9.59 Å². The van der Waals surface area contributed by atoms with E-state index in [1.807, 2.05) is 4.98 Å². The molecule has 4 rings (SSSR count). The van der Waals surface area contributed by atoms with Gasteiger partial charge in [0.1, 0.15) is 42.7 Å². The summed E-state index contributed by atoms with van der Waals surface area (Å²) >= 11 is 0. The summed E-state index contributed by atoms with van der Waals surface area (Å²) in [7, 11) is 1.43. The third kappa shape index (κ3) is 5.34. The number of rotatable bonds is 4. The van der Waals surface area contributed by atoms with Gasteiger partial charge in [-0.3, -0.25) is 24.1 Å². The molecule has 0 radical (unpaired) electrons. The monoisotopic (exact) mass is 502 g/mol. The maximum atomic E-state index is 11.6. The highest BCUT2D eigenvalue weighted by molar-refractivity contribution is 5.14. The fraction of sp³-hybridized carbons (Fsp3) is 0.579. The van der Waals surface area contributed by atoms with Crippen LogP contribution in [-0.2, 0) is 16.5 Å². The molecule has 16 nitrogen and oxygen atoms in total. The van der Waals surface area contributed by atoms with Crippen molar-refractivity contribution in [1.82, 2.24) is 19.1 Å². The minimum absolute atomic E-state index is 0.0274. The molecule has 16 heteroatoms. The van der Waals surface area contributed by atoms with E-state index in [-0.39, 0.29) is 5.56 Å². The number of aromatic amines is 2. The van der Waals surface area contributed by atoms with Gasteiger partial charge in [0.25, 0.3) is 11.1 Å². The molecule has 0 bridgehead atoms. The predicted molar refractivity (Wildman–Crippen MR) is 113 cm³/mol. The van der Waals surface area contributed by atoms with Crippen LogP contribution in [0.5, 0.6) is 0 Å². The van der Waals surface area contributed by atoms with Crippen molar-refractivity contribution in [3.63, 3.8) is 0 Å². The Morgan fingerprint density at radius 1 is 0.857 bits per heavy atom. The lowest BCUT2D eigenvalue weighted by molar-refractivity contribution is -0.0550. The van der Waals surface area contributed by atoms with Crippen molar-refractivity contribution in [3.8, 4) is 0 Å². The number of hydrogen-bond donors (Lipinski definition) is 8. The molecule has 2 fully saturated rings. The van der Waals surface area contributed by atoms with E-state index in [2.05, 4.69) is 4.98 Å². The number of aromatic nitrogens is 4. The van der Waals surface area contributed by atoms with E-state index >= 15 is 0 Å². The van der Waals surface area contributed by atoms with Gasteiger partial charge < -0.3 is 44.7 Å². The smallest absolute Gasteiger partial charge is 0.330 e. The predicted octanol–water partition coefficient (Wildman–Crippen LogP) is -5.62. The average Bonchev–Trinajstić information content (AvgIpc) is 3.26. The first-order valence-electron chi connectivity index (χ1n) is 10.4. The number of H-pyrrole nitrogens is 2. The Kier molecular flexibility index (Phi) is 8.18. The van der Waals surface area contributed by atoms with Crippen LogP contribution in [0.2, 0.25) is 0 Å². The molecule has 0 unspecified atom stereocenters. The van der Waals surface area contributed by atoms with Crippen molar-refractivity contribution >= 4 is 0 Å². The molecule has 2 aliphatic rings. The van der Waals surface area contributed by atoms with Gasteiger partial charge in [0.15, 0.2) is 6.23 Å². The van der Waals surface area contributed by atoms with E-state index < -0.39 is 84.7 Å². The third-order valence-corrected chi connectivity index (χ3v) is 5.63. The Hall–Kier alpha value is -2.96. The highest BCUT2D eigenvalue weighted by atomic mass is 16.6. The number of aryl methyl sites for hydroxylation is 1. The van der Waals surface area contributed by atoms with Gasteiger partial charge in [-0.1, -0.05) is 0 Å². The zero-order chi connectivity index (χ0) is 26.0. The lowest BCUT2D eigenvalue weighted by atomic mass is 10.0. The zero-order valence-corrected chi connectivity index (χ0v) is 18.3. The first-order chi connectivity index (χ1) is 16.5. The summed E-state index contributed by atoms with van der Waals surface area (Å²) in [5, 5.41) is 56.4. The number of nitrogens with zero attached hydrogens (tertiary/aromatic N) is 2. The van der Waals surface area contributed by atoms with Crippen LogP contribution in [0.3, 0.4) is 0 Å². The number of aliphatic hydroxyl groups is 6. The van der Waals surface area contributed by atoms with Crippen LogP contribution >= 0.6 is 0 Å². The van der Waals surface area contributed by atoms with E-state index in [1.54, 1.807) is 0 Å². The largest absolute Gasteiger partial charge is 0.394 e. The molecule has 0 amide bonds. The second kappa shape index (κ2) is 10.8. The Morgan fingerprint density at radius 3 is 2.00 bits per heavy atom. The fourth-order valence-corrected chi connectivity index (χ4v) is 3.68. The lowest BCUT2D eigenvalue weighted by Gasteiger charge is -2.16. The molecular weight excluding hydrogens is 476 g/mol. The maximum absolute atomic E-state index is 11.6. The molecule has 8 N–H and O–H groups in total. The number of ether oxygens (including phenoxy) is 2. The summed E-state index contributed by atoms with van der Waals surface area (Å²) in [5.41, 5.74) is -2.58. The van der Waals surface area contributed by atoms with Crippen LogP contribution < -0.4 is 22.5 Å². The molecule has 0 saturated carbocycles. The average molecular weight is 502 g/mol. The van der Waals surface area contributed by atoms with Gasteiger partial charge in [-0.2, -0.15) is 0 Å². The van der Waals surface area contributed by atoms with E-state index in [4.69, 9.17) is 19.7 Å². The molecule has 2 aromatic rings. The van der Waals surface area contributed by atoms with Crippen molar-refractivity contribution < 1.29 is 40.1 Å². The van der Waals surface area contributed by atoms with Crippen LogP contribution in [0.1, 0.15) is 17.9 Å². The fourth-order valence-electron chi connectivity index (χ4n) is 3.68. The van der Waals surface area contributed by atoms with Crippen molar-refractivity contribution in [2.45, 2.75) is 49.0 Å². The molecule has 194 valence electrons. The maximum Gasteiger partial charge on any atom is 0.330 e. The van der Waals surface area contributed by atoms with Gasteiger partial charge in [0, 0.05) is 25.5 Å². The third-order valence-electron chi connectivity index (χ3n) is 5.63. The normalized spacial score (nSPS) is 32.3. The number of aliphatic hydroxyl groups excluding tert-OH is 6. The van der Waals surface area contributed by atoms with Crippen molar-refractivity contribution in [1.29, 1.82) is 0 Å². The summed E-state index contributed by atoms with van der Waals surface area (Å²) < 4.78 is 12.4. The van der Waals surface area contributed by atoms with Crippen molar-refractivity contribution in [2.75, 3.05) is 13.2 Å². The summed E-state index contributed by atoms with van der Waals surface area (Å²) in [4.78, 5) is 49.2. The van der Waals surface area contributed by atoms with E-state index in [0.717, 1.165) is 21.4 Å². The summed E-state index contributed by atoms with van der Waals surface area (Å²) in [6.07, 6.45) is -6.99. The molecule has 0 aliphatic carbocycles. The van der Waals surface area contributed by atoms with Crippen LogP contribution in [-0.4, -0.2) is 99.6 Å². The second-order valence-electron chi connectivity index (χ2n) is 7.96. The van der Waals surface area contributed by atoms with Gasteiger partial charge in [-0.15, -0.1) is 0 Å². The molecule has 2 aromatic heterocycles. The van der Waals surface area contributed by atoms with Crippen LogP contribution in [0, 0.1) is 0 Å². The Bertz CT molecular complexity index is 1250. The number of hydrogen-bond acceptors (Lipinski definition) is 12. The minimum atomic E-state index is -1.35. The van der Waals surface area contributed by atoms with Gasteiger partial charge in [0.05, 0.1) is 18.8 Å². The molecular formula is C19H26N4O12. The summed E-state index contributed by atoms with van der Waals surface area (Å²) in [6.45, 7) is -0.953. The minimum Gasteiger partial charge on any atom is -0.394 e. The molecule has 4 heterocycles. The molecule has 8 atom stereocenters. The summed E-state index contributed by atoms with van der Waals surface area (Å²) in [5.74, 6) is 0. The lowest BCUT2D eigenvalue weighted by Crippen LogP contribution is -2.37. The highest BCUT2D eigenvalue weighted by Gasteiger charge is 2.45. The van der Waals surface area contributed by atoms with Crippen LogP contribution in [0.25, 0.3) is 0 Å². The van der Waals surface area contributed by atoms with Crippen LogP contribution in [0.4, 0.5) is 0 Å². The SMILES string of the molecule is Cn1cc([C@@H]2O[C@H](CO)[C@@H](O)[C@H]2O)c(=O)[nH]c1=O.O=c1ccn([C@@H]2O[C@H](CO)[C@@H](O)[C@H]2O)c(=O)[nH]1.